The van der Waals surface area contributed by atoms with Crippen LogP contribution in [0.2, 0.25) is 0 Å². The molecule has 4 atom stereocenters. The molecule has 200 valence electrons. The van der Waals surface area contributed by atoms with Crippen LogP contribution in [0, 0.1) is 0 Å². The molecule has 0 radical (unpaired) electrons. The van der Waals surface area contributed by atoms with Crippen molar-refractivity contribution in [3.8, 4) is 0 Å². The third-order valence-corrected chi connectivity index (χ3v) is 7.84. The lowest BCUT2D eigenvalue weighted by Gasteiger charge is -2.26. The van der Waals surface area contributed by atoms with Gasteiger partial charge in [0, 0.05) is 6.92 Å². The van der Waals surface area contributed by atoms with E-state index in [1.54, 1.807) is 12.1 Å². The largest absolute Gasteiger partial charge is 0.451 e. The highest BCUT2D eigenvalue weighted by Crippen LogP contribution is 2.40. The van der Waals surface area contributed by atoms with Gasteiger partial charge in [-0.1, -0.05) is 91.0 Å². The van der Waals surface area contributed by atoms with Crippen molar-refractivity contribution >= 4 is 34.5 Å². The Labute approximate surface area is 232 Å². The Hall–Kier alpha value is -3.65. The molecule has 6 nitrogen and oxygen atoms in total. The lowest BCUT2D eigenvalue weighted by molar-refractivity contribution is -0.150. The molecular weight excluding hydrogens is 512 g/mol. The summed E-state index contributed by atoms with van der Waals surface area (Å²) < 4.78 is 24.1. The summed E-state index contributed by atoms with van der Waals surface area (Å²) in [6.45, 7) is 2.43. The third kappa shape index (κ3) is 7.06. The first-order chi connectivity index (χ1) is 19.1. The summed E-state index contributed by atoms with van der Waals surface area (Å²) in [5.74, 6) is -0.949. The Kier molecular flexibility index (Phi) is 8.93. The second kappa shape index (κ2) is 12.9. The van der Waals surface area contributed by atoms with E-state index in [4.69, 9.17) is 18.9 Å². The molecule has 1 aliphatic heterocycles. The molecule has 1 fully saturated rings. The van der Waals surface area contributed by atoms with E-state index in [1.165, 1.54) is 18.7 Å². The second-order valence-electron chi connectivity index (χ2n) is 9.35. The van der Waals surface area contributed by atoms with Gasteiger partial charge in [-0.2, -0.15) is 0 Å². The average molecular weight is 543 g/mol. The molecule has 1 saturated heterocycles. The molecule has 0 saturated carbocycles. The minimum Gasteiger partial charge on any atom is -0.451 e. The highest BCUT2D eigenvalue weighted by molar-refractivity contribution is 8.00. The molecule has 7 heteroatoms. The number of rotatable bonds is 10. The zero-order valence-electron chi connectivity index (χ0n) is 21.6. The van der Waals surface area contributed by atoms with E-state index in [0.717, 1.165) is 21.9 Å². The second-order valence-corrected chi connectivity index (χ2v) is 10.7. The highest BCUT2D eigenvalue weighted by Gasteiger charge is 2.49. The average Bonchev–Trinajstić information content (AvgIpc) is 3.27. The molecule has 39 heavy (non-hydrogen) atoms. The molecular formula is C32H30O6S. The number of hydrogen-bond acceptors (Lipinski definition) is 7. The fourth-order valence-electron chi connectivity index (χ4n) is 4.55. The monoisotopic (exact) mass is 542 g/mol. The van der Waals surface area contributed by atoms with Crippen molar-refractivity contribution in [3.05, 3.63) is 120 Å². The number of thioether (sulfide) groups is 1. The molecule has 0 spiro atoms. The van der Waals surface area contributed by atoms with Gasteiger partial charge in [-0.25, -0.2) is 4.79 Å². The highest BCUT2D eigenvalue weighted by atomic mass is 32.2. The van der Waals surface area contributed by atoms with Crippen molar-refractivity contribution < 1.29 is 28.5 Å². The zero-order valence-corrected chi connectivity index (χ0v) is 22.4. The number of carbonyl (C=O) groups is 2. The van der Waals surface area contributed by atoms with Crippen LogP contribution in [-0.4, -0.2) is 41.4 Å². The minimum atomic E-state index is -0.813. The fraction of sp³-hybridized carbons (Fsp3) is 0.250. The number of ether oxygens (including phenoxy) is 4. The van der Waals surface area contributed by atoms with Crippen molar-refractivity contribution in [2.45, 2.75) is 43.0 Å². The molecule has 1 unspecified atom stereocenters. The van der Waals surface area contributed by atoms with Gasteiger partial charge in [0.2, 0.25) is 0 Å². The Morgan fingerprint density at radius 2 is 1.36 bits per heavy atom. The molecule has 0 aromatic heterocycles. The molecule has 0 amide bonds. The van der Waals surface area contributed by atoms with Crippen LogP contribution in [0.25, 0.3) is 10.8 Å². The summed E-state index contributed by atoms with van der Waals surface area (Å²) >= 11 is 1.39. The lowest BCUT2D eigenvalue weighted by atomic mass is 10.1. The van der Waals surface area contributed by atoms with E-state index in [-0.39, 0.29) is 5.25 Å². The van der Waals surface area contributed by atoms with E-state index in [0.29, 0.717) is 25.4 Å². The minimum absolute atomic E-state index is 0.226. The number of carbonyl (C=O) groups excluding carboxylic acids is 2. The van der Waals surface area contributed by atoms with Crippen LogP contribution in [0.3, 0.4) is 0 Å². The number of esters is 2. The Bertz CT molecular complexity index is 1390. The smallest absolute Gasteiger partial charge is 0.338 e. The van der Waals surface area contributed by atoms with Crippen molar-refractivity contribution in [2.24, 2.45) is 0 Å². The predicted molar refractivity (Wildman–Crippen MR) is 151 cm³/mol. The summed E-state index contributed by atoms with van der Waals surface area (Å²) in [6, 6.07) is 32.9. The summed E-state index contributed by atoms with van der Waals surface area (Å²) in [4.78, 5) is 25.3. The maximum Gasteiger partial charge on any atom is 0.338 e. The van der Waals surface area contributed by atoms with Gasteiger partial charge in [0.15, 0.2) is 11.5 Å². The fourth-order valence-corrected chi connectivity index (χ4v) is 6.02. The van der Waals surface area contributed by atoms with Crippen molar-refractivity contribution in [2.75, 3.05) is 6.61 Å². The Balaban J connectivity index is 1.36. The van der Waals surface area contributed by atoms with Crippen LogP contribution < -0.4 is 0 Å². The van der Waals surface area contributed by atoms with Crippen LogP contribution in [0.4, 0.5) is 0 Å². The summed E-state index contributed by atoms with van der Waals surface area (Å²) in [7, 11) is 0. The number of hydrogen-bond donors (Lipinski definition) is 0. The zero-order chi connectivity index (χ0) is 27.0. The van der Waals surface area contributed by atoms with Gasteiger partial charge in [-0.15, -0.1) is 11.8 Å². The maximum absolute atomic E-state index is 13.3. The first kappa shape index (κ1) is 26.9. The Morgan fingerprint density at radius 3 is 2.05 bits per heavy atom. The molecule has 4 aromatic carbocycles. The van der Waals surface area contributed by atoms with E-state index < -0.39 is 29.6 Å². The normalized spacial score (nSPS) is 20.5. The van der Waals surface area contributed by atoms with Crippen LogP contribution in [0.5, 0.6) is 0 Å². The standard InChI is InChI=1S/C32H30O6S/c1-22(33)37-32-30(38-31(34)27-17-16-25-14-8-9-15-26(25)18-27)29(36-20-24-12-6-3-7-13-24)28(39-32)21-35-19-23-10-4-2-5-11-23/h2-18,28-30,32H,19-21H2,1H3/t28-,29-,30+,32?/m1/s1. The van der Waals surface area contributed by atoms with Crippen LogP contribution in [-0.2, 0) is 37.0 Å². The van der Waals surface area contributed by atoms with Gasteiger partial charge in [-0.3, -0.25) is 4.79 Å². The van der Waals surface area contributed by atoms with Gasteiger partial charge >= 0.3 is 11.9 Å². The molecule has 5 rings (SSSR count). The van der Waals surface area contributed by atoms with E-state index in [1.807, 2.05) is 91.0 Å². The van der Waals surface area contributed by atoms with Crippen molar-refractivity contribution in [1.82, 2.24) is 0 Å². The van der Waals surface area contributed by atoms with Crippen LogP contribution >= 0.6 is 11.8 Å². The van der Waals surface area contributed by atoms with Gasteiger partial charge in [0.25, 0.3) is 0 Å². The molecule has 1 heterocycles. The third-order valence-electron chi connectivity index (χ3n) is 6.46. The van der Waals surface area contributed by atoms with Crippen LogP contribution in [0.1, 0.15) is 28.4 Å². The van der Waals surface area contributed by atoms with Crippen LogP contribution in [0.15, 0.2) is 103 Å². The summed E-state index contributed by atoms with van der Waals surface area (Å²) in [6.07, 6.45) is -1.37. The molecule has 0 aliphatic carbocycles. The van der Waals surface area contributed by atoms with Crippen molar-refractivity contribution in [1.29, 1.82) is 0 Å². The van der Waals surface area contributed by atoms with E-state index >= 15 is 0 Å². The molecule has 1 aliphatic rings. The van der Waals surface area contributed by atoms with Gasteiger partial charge in [0.05, 0.1) is 30.6 Å². The van der Waals surface area contributed by atoms with Gasteiger partial charge in [-0.05, 0) is 34.0 Å². The molecule has 0 bridgehead atoms. The first-order valence-electron chi connectivity index (χ1n) is 12.9. The molecule has 4 aromatic rings. The van der Waals surface area contributed by atoms with E-state index in [9.17, 15) is 9.59 Å². The SMILES string of the molecule is CC(=O)OC1S[C@H](COCc2ccccc2)[C@@H](OCc2ccccc2)[C@@H]1OC(=O)c1ccc2ccccc2c1. The van der Waals surface area contributed by atoms with E-state index in [2.05, 4.69) is 0 Å². The number of fused-ring (bicyclic) bond motifs is 1. The van der Waals surface area contributed by atoms with Gasteiger partial charge < -0.3 is 18.9 Å². The van der Waals surface area contributed by atoms with Gasteiger partial charge in [0.1, 0.15) is 6.10 Å². The predicted octanol–water partition coefficient (Wildman–Crippen LogP) is 6.17. The quantitative estimate of drug-likeness (QED) is 0.222. The molecule has 0 N–H and O–H groups in total. The Morgan fingerprint density at radius 1 is 0.718 bits per heavy atom. The maximum atomic E-state index is 13.3. The lowest BCUT2D eigenvalue weighted by Crippen LogP contribution is -2.41. The summed E-state index contributed by atoms with van der Waals surface area (Å²) in [5, 5.41) is 1.74. The first-order valence-corrected chi connectivity index (χ1v) is 13.8. The van der Waals surface area contributed by atoms with Crippen molar-refractivity contribution in [3.63, 3.8) is 0 Å². The topological polar surface area (TPSA) is 71.1 Å². The number of benzene rings is 4. The summed E-state index contributed by atoms with van der Waals surface area (Å²) in [5.41, 5.74) is 1.74.